The maximum atomic E-state index is 14.3. The number of aromatic nitrogens is 1. The molecule has 1 saturated heterocycles. The minimum Gasteiger partial charge on any atom is -0.474 e. The normalized spacial score (nSPS) is 24.2. The number of anilines is 1. The largest absolute Gasteiger partial charge is 0.474 e. The number of carbonyl (C=O) groups excluding carboxylic acids is 3. The van der Waals surface area contributed by atoms with Gasteiger partial charge in [0, 0.05) is 61.4 Å². The summed E-state index contributed by atoms with van der Waals surface area (Å²) in [5.74, 6) is -1.09. The Hall–Kier alpha value is -4.53. The van der Waals surface area contributed by atoms with Crippen molar-refractivity contribution in [1.29, 1.82) is 0 Å². The number of rotatable bonds is 9. The number of benzene rings is 2. The second-order valence-corrected chi connectivity index (χ2v) is 19.5. The number of hydrogen-bond acceptors (Lipinski definition) is 9. The first-order valence-electron chi connectivity index (χ1n) is 20.6. The number of nitrogens with one attached hydrogen (secondary N) is 2. The SMILES string of the molecule is Cc1sc(-c2cccc3c2CCC=C(OC2CC4C(=O)NC5(C(=O)NS(=O)(=O)N(C)C)CC5C=CCCCCCCC(=O)N4C2)N3C(C)C)nc1Cc1ccccc1. The molecule has 3 amide bonds. The lowest BCUT2D eigenvalue weighted by Crippen LogP contribution is -2.57. The smallest absolute Gasteiger partial charge is 0.303 e. The molecule has 2 aromatic carbocycles. The molecule has 2 fully saturated rings. The standard InChI is InChI=1S/C44H56N6O6S2/c1-29(2)50-37-22-15-21-35(42-45-36(30(3)57-42)25-31-17-11-10-12-18-31)34(37)20-16-24-40(50)56-33-26-38-41(52)46-44(43(53)47-58(54,55)48(4)5)27-32(44)19-13-8-6-7-9-14-23-39(51)49(38)28-33/h10-13,15,17-19,21-22,24,29,32-33,38H,6-9,14,16,20,23,25-28H2,1-5H3,(H,46,52)(H,47,53). The monoisotopic (exact) mass is 828 g/mol. The van der Waals surface area contributed by atoms with Crippen LogP contribution in [0.25, 0.3) is 10.6 Å². The van der Waals surface area contributed by atoms with Crippen molar-refractivity contribution in [2.24, 2.45) is 5.92 Å². The molecule has 1 saturated carbocycles. The van der Waals surface area contributed by atoms with Crippen LogP contribution in [0.4, 0.5) is 5.69 Å². The van der Waals surface area contributed by atoms with E-state index < -0.39 is 39.7 Å². The lowest BCUT2D eigenvalue weighted by molar-refractivity contribution is -0.139. The maximum absolute atomic E-state index is 14.3. The van der Waals surface area contributed by atoms with Gasteiger partial charge in [0.2, 0.25) is 11.8 Å². The van der Waals surface area contributed by atoms with Gasteiger partial charge in [-0.25, -0.2) is 9.71 Å². The number of amides is 3. The summed E-state index contributed by atoms with van der Waals surface area (Å²) in [5.41, 5.74) is 4.23. The molecule has 14 heteroatoms. The molecule has 3 aliphatic heterocycles. The number of fused-ring (bicyclic) bond motifs is 3. The van der Waals surface area contributed by atoms with E-state index in [9.17, 15) is 22.8 Å². The number of ether oxygens (including phenoxy) is 1. The van der Waals surface area contributed by atoms with E-state index in [2.05, 4.69) is 84.3 Å². The van der Waals surface area contributed by atoms with E-state index >= 15 is 0 Å². The van der Waals surface area contributed by atoms with Crippen molar-refractivity contribution in [2.75, 3.05) is 25.5 Å². The fraction of sp³-hybridized carbons (Fsp3) is 0.500. The molecule has 310 valence electrons. The summed E-state index contributed by atoms with van der Waals surface area (Å²) < 4.78 is 35.4. The van der Waals surface area contributed by atoms with E-state index in [-0.39, 0.29) is 37.3 Å². The van der Waals surface area contributed by atoms with Crippen LogP contribution in [0.3, 0.4) is 0 Å². The van der Waals surface area contributed by atoms with Gasteiger partial charge in [0.15, 0.2) is 5.88 Å². The van der Waals surface area contributed by atoms with E-state index in [1.54, 1.807) is 16.2 Å². The van der Waals surface area contributed by atoms with Crippen LogP contribution in [-0.2, 0) is 42.2 Å². The molecule has 58 heavy (non-hydrogen) atoms. The number of aryl methyl sites for hydroxylation is 1. The Kier molecular flexibility index (Phi) is 12.5. The number of carbonyl (C=O) groups is 3. The molecule has 4 heterocycles. The molecule has 7 rings (SSSR count). The molecule has 2 N–H and O–H groups in total. The number of nitrogens with zero attached hydrogens (tertiary/aromatic N) is 4. The Balaban J connectivity index is 1.13. The predicted molar refractivity (Wildman–Crippen MR) is 227 cm³/mol. The summed E-state index contributed by atoms with van der Waals surface area (Å²) >= 11 is 1.72. The summed E-state index contributed by atoms with van der Waals surface area (Å²) in [7, 11) is -1.43. The van der Waals surface area contributed by atoms with Gasteiger partial charge in [-0.3, -0.25) is 14.4 Å². The predicted octanol–water partition coefficient (Wildman–Crippen LogP) is 6.41. The third-order valence-corrected chi connectivity index (χ3v) is 14.2. The minimum absolute atomic E-state index is 0.0264. The van der Waals surface area contributed by atoms with E-state index in [0.29, 0.717) is 18.7 Å². The molecular weight excluding hydrogens is 773 g/mol. The third-order valence-electron chi connectivity index (χ3n) is 11.7. The number of hydrogen-bond donors (Lipinski definition) is 2. The zero-order chi connectivity index (χ0) is 41.2. The van der Waals surface area contributed by atoms with Crippen LogP contribution in [0, 0.1) is 12.8 Å². The van der Waals surface area contributed by atoms with E-state index in [0.717, 1.165) is 71.2 Å². The van der Waals surface area contributed by atoms with E-state index in [1.165, 1.54) is 30.1 Å². The second kappa shape index (κ2) is 17.4. The summed E-state index contributed by atoms with van der Waals surface area (Å²) in [4.78, 5) is 52.0. The Morgan fingerprint density at radius 1 is 1.05 bits per heavy atom. The topological polar surface area (TPSA) is 141 Å². The maximum Gasteiger partial charge on any atom is 0.303 e. The molecular formula is C44H56N6O6S2. The molecule has 1 aliphatic carbocycles. The quantitative estimate of drug-likeness (QED) is 0.236. The van der Waals surface area contributed by atoms with Gasteiger partial charge in [-0.15, -0.1) is 11.3 Å². The zero-order valence-electron chi connectivity index (χ0n) is 34.2. The lowest BCUT2D eigenvalue weighted by atomic mass is 10.0. The first-order chi connectivity index (χ1) is 27.8. The van der Waals surface area contributed by atoms with Gasteiger partial charge in [0.1, 0.15) is 22.7 Å². The van der Waals surface area contributed by atoms with Crippen molar-refractivity contribution in [1.82, 2.24) is 24.2 Å². The van der Waals surface area contributed by atoms with Gasteiger partial charge in [-0.1, -0.05) is 67.5 Å². The molecule has 4 atom stereocenters. The minimum atomic E-state index is -4.10. The van der Waals surface area contributed by atoms with Gasteiger partial charge >= 0.3 is 10.2 Å². The highest BCUT2D eigenvalue weighted by molar-refractivity contribution is 7.87. The first-order valence-corrected chi connectivity index (χ1v) is 22.8. The second-order valence-electron chi connectivity index (χ2n) is 16.4. The Morgan fingerprint density at radius 2 is 1.83 bits per heavy atom. The van der Waals surface area contributed by atoms with Gasteiger partial charge < -0.3 is 19.9 Å². The molecule has 4 aliphatic rings. The van der Waals surface area contributed by atoms with Crippen LogP contribution in [0.5, 0.6) is 0 Å². The first kappa shape index (κ1) is 41.6. The summed E-state index contributed by atoms with van der Waals surface area (Å²) in [6, 6.07) is 15.9. The van der Waals surface area contributed by atoms with Gasteiger partial charge in [0.05, 0.1) is 12.2 Å². The highest BCUT2D eigenvalue weighted by Crippen LogP contribution is 2.46. The van der Waals surface area contributed by atoms with E-state index in [4.69, 9.17) is 9.72 Å². The fourth-order valence-corrected chi connectivity index (χ4v) is 9.99. The van der Waals surface area contributed by atoms with Crippen LogP contribution in [-0.4, -0.2) is 84.7 Å². The van der Waals surface area contributed by atoms with Crippen molar-refractivity contribution in [3.8, 4) is 10.6 Å². The molecule has 3 aromatic rings. The van der Waals surface area contributed by atoms with Crippen LogP contribution in [0.1, 0.15) is 93.3 Å². The van der Waals surface area contributed by atoms with Gasteiger partial charge in [-0.05, 0) is 82.6 Å². The Labute approximate surface area is 346 Å². The Bertz CT molecular complexity index is 2180. The third kappa shape index (κ3) is 8.89. The number of allylic oxidation sites excluding steroid dienone is 2. The van der Waals surface area contributed by atoms with Gasteiger partial charge in [0.25, 0.3) is 5.91 Å². The van der Waals surface area contributed by atoms with Crippen molar-refractivity contribution in [3.63, 3.8) is 0 Å². The van der Waals surface area contributed by atoms with Crippen LogP contribution in [0.2, 0.25) is 0 Å². The average Bonchev–Trinajstić information content (AvgIpc) is 3.60. The summed E-state index contributed by atoms with van der Waals surface area (Å²) in [6.07, 6.45) is 12.9. The Morgan fingerprint density at radius 3 is 2.59 bits per heavy atom. The summed E-state index contributed by atoms with van der Waals surface area (Å²) in [5, 5.41) is 3.94. The van der Waals surface area contributed by atoms with Gasteiger partial charge in [-0.2, -0.15) is 12.7 Å². The number of thiazole rings is 1. The highest BCUT2D eigenvalue weighted by atomic mass is 32.2. The van der Waals surface area contributed by atoms with Crippen LogP contribution < -0.4 is 14.9 Å². The molecule has 1 aromatic heterocycles. The van der Waals surface area contributed by atoms with Crippen molar-refractivity contribution in [2.45, 2.75) is 115 Å². The van der Waals surface area contributed by atoms with Crippen molar-refractivity contribution in [3.05, 3.63) is 94.3 Å². The molecule has 4 unspecified atom stereocenters. The fourth-order valence-electron chi connectivity index (χ4n) is 8.41. The van der Waals surface area contributed by atoms with E-state index in [1.807, 2.05) is 18.2 Å². The molecule has 0 radical (unpaired) electrons. The van der Waals surface area contributed by atoms with Crippen LogP contribution in [0.15, 0.2) is 72.6 Å². The molecule has 0 bridgehead atoms. The van der Waals surface area contributed by atoms with Crippen molar-refractivity contribution < 1.29 is 27.5 Å². The molecule has 0 spiro atoms. The van der Waals surface area contributed by atoms with Crippen LogP contribution >= 0.6 is 11.3 Å². The highest BCUT2D eigenvalue weighted by Gasteiger charge is 2.61. The molecule has 12 nitrogen and oxygen atoms in total. The average molecular weight is 829 g/mol. The van der Waals surface area contributed by atoms with Crippen molar-refractivity contribution >= 4 is 45.0 Å². The lowest BCUT2D eigenvalue weighted by Gasteiger charge is -2.33. The summed E-state index contributed by atoms with van der Waals surface area (Å²) in [6.45, 7) is 6.61. The zero-order valence-corrected chi connectivity index (χ0v) is 35.8.